The minimum Gasteiger partial charge on any atom is -0.489 e. The molecule has 0 spiro atoms. The number of carbonyl (C=O) groups excluding carboxylic acids is 1. The van der Waals surface area contributed by atoms with Crippen LogP contribution in [0.15, 0.2) is 48.8 Å². The fourth-order valence-corrected chi connectivity index (χ4v) is 4.25. The molecule has 0 aliphatic carbocycles. The molecule has 0 bridgehead atoms. The van der Waals surface area contributed by atoms with Crippen LogP contribution in [0.4, 0.5) is 10.5 Å². The molecule has 244 valence electrons. The number of urea groups is 1. The third kappa shape index (κ3) is 8.93. The average Bonchev–Trinajstić information content (AvgIpc) is 3.49. The number of ether oxygens (including phenoxy) is 1. The second-order valence-electron chi connectivity index (χ2n) is 12.6. The van der Waals surface area contributed by atoms with Gasteiger partial charge < -0.3 is 23.8 Å². The van der Waals surface area contributed by atoms with Gasteiger partial charge in [-0.2, -0.15) is 9.36 Å². The van der Waals surface area contributed by atoms with E-state index in [-0.39, 0.29) is 27.6 Å². The van der Waals surface area contributed by atoms with Crippen LogP contribution in [-0.2, 0) is 10.8 Å². The van der Waals surface area contributed by atoms with Crippen LogP contribution < -0.4 is 21.6 Å². The molecule has 0 atom stereocenters. The van der Waals surface area contributed by atoms with Gasteiger partial charge in [0, 0.05) is 36.7 Å². The molecule has 1 N–H and O–H groups in total. The van der Waals surface area contributed by atoms with Crippen molar-refractivity contribution >= 4 is 46.5 Å². The van der Waals surface area contributed by atoms with Crippen LogP contribution >= 0.6 is 34.8 Å². The van der Waals surface area contributed by atoms with E-state index in [4.69, 9.17) is 48.4 Å². The lowest BCUT2D eigenvalue weighted by atomic mass is 9.97. The highest BCUT2D eigenvalue weighted by molar-refractivity contribution is 6.36. The number of anilines is 1. The van der Waals surface area contributed by atoms with E-state index in [0.717, 1.165) is 9.36 Å². The van der Waals surface area contributed by atoms with Gasteiger partial charge in [-0.25, -0.2) is 14.4 Å². The molecule has 2 heterocycles. The first-order valence-corrected chi connectivity index (χ1v) is 15.0. The summed E-state index contributed by atoms with van der Waals surface area (Å²) in [4.78, 5) is 37.1. The molecule has 2 aromatic carbocycles. The van der Waals surface area contributed by atoms with Gasteiger partial charge in [0.05, 0.1) is 32.5 Å². The molecule has 0 aliphatic heterocycles. The molecule has 0 saturated carbocycles. The maximum atomic E-state index is 12.1. The normalized spacial score (nSPS) is 11.7. The Labute approximate surface area is 275 Å². The summed E-state index contributed by atoms with van der Waals surface area (Å²) in [6, 6.07) is 7.62. The molecule has 15 heteroatoms. The number of aromatic nitrogens is 4. The average molecular weight is 684 g/mol. The standard InChI is InChI=1S/C15H18Cl2N2O3.C15H19ClN4O3/c1-8(2)21-12-7-11(9(16)6-10(12)17)19-14(20)22-13(18-19)15(3,4)5;1-15(2,3)12-18-20(14(22)23-12)11-7-6-9(8-10(11)16)17-13(21)19(4)5/h6-8H,1-5H3;6-8H,1-5H3,(H,17,21). The highest BCUT2D eigenvalue weighted by atomic mass is 35.5. The molecule has 4 aromatic rings. The quantitative estimate of drug-likeness (QED) is 0.235. The minimum atomic E-state index is -0.609. The summed E-state index contributed by atoms with van der Waals surface area (Å²) < 4.78 is 18.2. The first kappa shape index (κ1) is 35.7. The van der Waals surface area contributed by atoms with Gasteiger partial charge in [0.2, 0.25) is 11.8 Å². The Balaban J connectivity index is 0.000000246. The summed E-state index contributed by atoms with van der Waals surface area (Å²) >= 11 is 18.5. The van der Waals surface area contributed by atoms with Crippen LogP contribution in [0.5, 0.6) is 5.75 Å². The zero-order chi connectivity index (χ0) is 34.0. The number of nitrogens with one attached hydrogen (secondary N) is 1. The lowest BCUT2D eigenvalue weighted by Gasteiger charge is -2.13. The molecular formula is C30H37Cl3N6O6. The van der Waals surface area contributed by atoms with E-state index >= 15 is 0 Å². The third-order valence-corrected chi connectivity index (χ3v) is 6.71. The summed E-state index contributed by atoms with van der Waals surface area (Å²) in [6.07, 6.45) is -0.0642. The number of carbonyl (C=O) groups is 1. The van der Waals surface area contributed by atoms with Crippen molar-refractivity contribution in [2.75, 3.05) is 19.4 Å². The predicted octanol–water partition coefficient (Wildman–Crippen LogP) is 7.09. The fraction of sp³-hybridized carbons (Fsp3) is 0.433. The molecule has 0 saturated heterocycles. The lowest BCUT2D eigenvalue weighted by molar-refractivity contribution is 0.230. The van der Waals surface area contributed by atoms with Crippen LogP contribution in [-0.4, -0.2) is 50.7 Å². The maximum Gasteiger partial charge on any atom is 0.442 e. The van der Waals surface area contributed by atoms with E-state index in [0.29, 0.717) is 39.6 Å². The van der Waals surface area contributed by atoms with Gasteiger partial charge in [0.1, 0.15) is 5.75 Å². The number of halogens is 3. The van der Waals surface area contributed by atoms with Gasteiger partial charge >= 0.3 is 17.5 Å². The lowest BCUT2D eigenvalue weighted by Crippen LogP contribution is -2.27. The van der Waals surface area contributed by atoms with Crippen LogP contribution in [0.25, 0.3) is 11.4 Å². The molecule has 45 heavy (non-hydrogen) atoms. The topological polar surface area (TPSA) is 138 Å². The van der Waals surface area contributed by atoms with Gasteiger partial charge in [0.15, 0.2) is 0 Å². The Morgan fingerprint density at radius 3 is 1.73 bits per heavy atom. The number of hydrogen-bond donors (Lipinski definition) is 1. The summed E-state index contributed by atoms with van der Waals surface area (Å²) in [7, 11) is 3.27. The van der Waals surface area contributed by atoms with Crippen molar-refractivity contribution in [1.82, 2.24) is 24.5 Å². The third-order valence-electron chi connectivity index (χ3n) is 5.80. The predicted molar refractivity (Wildman–Crippen MR) is 175 cm³/mol. The fourth-order valence-electron chi connectivity index (χ4n) is 3.48. The SMILES string of the molecule is CC(C)Oc1cc(-n2nc(C(C)(C)C)oc2=O)c(Cl)cc1Cl.CN(C)C(=O)Nc1ccc(-n2nc(C(C)(C)C)oc2=O)c(Cl)c1. The molecule has 0 fully saturated rings. The molecule has 0 unspecified atom stereocenters. The van der Waals surface area contributed by atoms with Crippen molar-refractivity contribution in [2.45, 2.75) is 72.3 Å². The van der Waals surface area contributed by atoms with E-state index in [1.165, 1.54) is 11.0 Å². The summed E-state index contributed by atoms with van der Waals surface area (Å²) in [5, 5.41) is 12.0. The van der Waals surface area contributed by atoms with Gasteiger partial charge in [-0.1, -0.05) is 76.3 Å². The van der Waals surface area contributed by atoms with Crippen LogP contribution in [0.1, 0.15) is 67.2 Å². The highest BCUT2D eigenvalue weighted by Crippen LogP contribution is 2.33. The minimum absolute atomic E-state index is 0.0642. The van der Waals surface area contributed by atoms with E-state index in [1.807, 2.05) is 55.4 Å². The molecular weight excluding hydrogens is 647 g/mol. The maximum absolute atomic E-state index is 12.1. The van der Waals surface area contributed by atoms with Crippen LogP contribution in [0.2, 0.25) is 15.1 Å². The van der Waals surface area contributed by atoms with Crippen LogP contribution in [0.3, 0.4) is 0 Å². The van der Waals surface area contributed by atoms with Crippen molar-refractivity contribution in [1.29, 1.82) is 0 Å². The second-order valence-corrected chi connectivity index (χ2v) is 13.8. The van der Waals surface area contributed by atoms with Gasteiger partial charge in [-0.05, 0) is 38.1 Å². The van der Waals surface area contributed by atoms with Gasteiger partial charge in [-0.15, -0.1) is 10.2 Å². The van der Waals surface area contributed by atoms with Crippen molar-refractivity contribution in [3.63, 3.8) is 0 Å². The smallest absolute Gasteiger partial charge is 0.442 e. The molecule has 2 aromatic heterocycles. The van der Waals surface area contributed by atoms with Crippen LogP contribution in [0, 0.1) is 0 Å². The van der Waals surface area contributed by atoms with Gasteiger partial charge in [-0.3, -0.25) is 0 Å². The number of nitrogens with zero attached hydrogens (tertiary/aromatic N) is 5. The monoisotopic (exact) mass is 682 g/mol. The first-order valence-electron chi connectivity index (χ1n) is 13.8. The zero-order valence-electron chi connectivity index (χ0n) is 26.8. The highest BCUT2D eigenvalue weighted by Gasteiger charge is 2.25. The first-order chi connectivity index (χ1) is 20.7. The number of benzene rings is 2. The second kappa shape index (κ2) is 13.7. The Kier molecular flexibility index (Phi) is 10.9. The zero-order valence-corrected chi connectivity index (χ0v) is 29.1. The number of rotatable bonds is 5. The van der Waals surface area contributed by atoms with Crippen molar-refractivity contribution in [3.8, 4) is 17.1 Å². The summed E-state index contributed by atoms with van der Waals surface area (Å²) in [5.74, 6) is -0.131. The number of hydrogen-bond acceptors (Lipinski definition) is 8. The molecule has 4 rings (SSSR count). The van der Waals surface area contributed by atoms with Crippen molar-refractivity contribution < 1.29 is 18.4 Å². The summed E-state index contributed by atoms with van der Waals surface area (Å²) in [5.41, 5.74) is 0.492. The van der Waals surface area contributed by atoms with E-state index < -0.39 is 16.9 Å². The Bertz CT molecular complexity index is 1790. The molecule has 0 radical (unpaired) electrons. The summed E-state index contributed by atoms with van der Waals surface area (Å²) in [6.45, 7) is 15.1. The van der Waals surface area contributed by atoms with Crippen molar-refractivity contribution in [3.05, 3.63) is 78.3 Å². The molecule has 2 amide bonds. The van der Waals surface area contributed by atoms with E-state index in [1.54, 1.807) is 38.4 Å². The Morgan fingerprint density at radius 2 is 1.31 bits per heavy atom. The Morgan fingerprint density at radius 1 is 0.822 bits per heavy atom. The molecule has 12 nitrogen and oxygen atoms in total. The largest absolute Gasteiger partial charge is 0.489 e. The molecule has 0 aliphatic rings. The van der Waals surface area contributed by atoms with Gasteiger partial charge in [0.25, 0.3) is 0 Å². The van der Waals surface area contributed by atoms with E-state index in [9.17, 15) is 14.4 Å². The van der Waals surface area contributed by atoms with Crippen molar-refractivity contribution in [2.24, 2.45) is 0 Å². The Hall–Kier alpha value is -3.74. The van der Waals surface area contributed by atoms with E-state index in [2.05, 4.69) is 15.5 Å². The number of amides is 2.